The van der Waals surface area contributed by atoms with Crippen LogP contribution in [-0.2, 0) is 20.7 Å². The Kier molecular flexibility index (Phi) is 7.29. The standard InChI is InChI=1S/C22H23N3O4S2/c1-22(2,3)16-11-23-17(29-16)13-30-19-12-24-21(31-19)25-20(27)15-7-5-6-14(10-15)8-9-18(26)28-4/h5-12H,13H2,1-4H3,(H,24,25,27). The molecule has 0 fully saturated rings. The van der Waals surface area contributed by atoms with Crippen LogP contribution in [0, 0.1) is 0 Å². The van der Waals surface area contributed by atoms with Crippen LogP contribution in [0.2, 0.25) is 0 Å². The van der Waals surface area contributed by atoms with E-state index in [1.807, 2.05) is 0 Å². The van der Waals surface area contributed by atoms with Crippen molar-refractivity contribution >= 4 is 46.2 Å². The SMILES string of the molecule is COC(=O)C=Cc1cccc(C(=O)Nc2ncc(SCc3ncc(C(C)(C)C)o3)s2)c1. The molecule has 9 heteroatoms. The molecule has 0 atom stereocenters. The number of oxazole rings is 1. The minimum absolute atomic E-state index is 0.0791. The number of anilines is 1. The van der Waals surface area contributed by atoms with Gasteiger partial charge < -0.3 is 9.15 Å². The van der Waals surface area contributed by atoms with E-state index >= 15 is 0 Å². The average Bonchev–Trinajstić information content (AvgIpc) is 3.40. The molecule has 162 valence electrons. The molecular weight excluding hydrogens is 434 g/mol. The van der Waals surface area contributed by atoms with E-state index < -0.39 is 5.97 Å². The molecule has 0 unspecified atom stereocenters. The summed E-state index contributed by atoms with van der Waals surface area (Å²) >= 11 is 2.93. The van der Waals surface area contributed by atoms with Crippen molar-refractivity contribution < 1.29 is 18.7 Å². The van der Waals surface area contributed by atoms with Crippen molar-refractivity contribution in [1.29, 1.82) is 0 Å². The minimum atomic E-state index is -0.456. The lowest BCUT2D eigenvalue weighted by atomic mass is 9.94. The minimum Gasteiger partial charge on any atom is -0.466 e. The van der Waals surface area contributed by atoms with Crippen LogP contribution < -0.4 is 5.32 Å². The highest BCUT2D eigenvalue weighted by Gasteiger charge is 2.19. The molecule has 0 saturated carbocycles. The van der Waals surface area contributed by atoms with E-state index in [0.29, 0.717) is 27.9 Å². The van der Waals surface area contributed by atoms with Gasteiger partial charge in [-0.25, -0.2) is 14.8 Å². The number of carbonyl (C=O) groups excluding carboxylic acids is 2. The number of nitrogens with zero attached hydrogens (tertiary/aromatic N) is 2. The number of nitrogens with one attached hydrogen (secondary N) is 1. The molecule has 3 aromatic rings. The number of hydrogen-bond donors (Lipinski definition) is 1. The van der Waals surface area contributed by atoms with Crippen LogP contribution in [0.4, 0.5) is 5.13 Å². The number of esters is 1. The number of methoxy groups -OCH3 is 1. The number of aromatic nitrogens is 2. The number of benzene rings is 1. The summed E-state index contributed by atoms with van der Waals surface area (Å²) in [5.74, 6) is 1.36. The summed E-state index contributed by atoms with van der Waals surface area (Å²) in [7, 11) is 1.31. The molecule has 0 radical (unpaired) electrons. The molecule has 0 aliphatic carbocycles. The van der Waals surface area contributed by atoms with Gasteiger partial charge in [-0.05, 0) is 23.8 Å². The van der Waals surface area contributed by atoms with E-state index in [4.69, 9.17) is 4.42 Å². The van der Waals surface area contributed by atoms with Crippen molar-refractivity contribution in [2.24, 2.45) is 0 Å². The summed E-state index contributed by atoms with van der Waals surface area (Å²) in [5.41, 5.74) is 1.10. The number of rotatable bonds is 7. The fourth-order valence-electron chi connectivity index (χ4n) is 2.43. The predicted octanol–water partition coefficient (Wildman–Crippen LogP) is 5.16. The van der Waals surface area contributed by atoms with Crippen LogP contribution in [0.25, 0.3) is 6.08 Å². The topological polar surface area (TPSA) is 94.3 Å². The highest BCUT2D eigenvalue weighted by Crippen LogP contribution is 2.32. The largest absolute Gasteiger partial charge is 0.466 e. The summed E-state index contributed by atoms with van der Waals surface area (Å²) in [5, 5.41) is 3.31. The molecule has 2 heterocycles. The molecule has 1 N–H and O–H groups in total. The fraction of sp³-hybridized carbons (Fsp3) is 0.273. The van der Waals surface area contributed by atoms with Gasteiger partial charge in [0.2, 0.25) is 5.89 Å². The van der Waals surface area contributed by atoms with Gasteiger partial charge in [-0.1, -0.05) is 44.2 Å². The number of thioether (sulfide) groups is 1. The molecule has 3 rings (SSSR count). The maximum absolute atomic E-state index is 12.6. The third-order valence-electron chi connectivity index (χ3n) is 4.10. The monoisotopic (exact) mass is 457 g/mol. The quantitative estimate of drug-likeness (QED) is 0.297. The highest BCUT2D eigenvalue weighted by atomic mass is 32.2. The lowest BCUT2D eigenvalue weighted by molar-refractivity contribution is -0.134. The zero-order valence-corrected chi connectivity index (χ0v) is 19.3. The lowest BCUT2D eigenvalue weighted by Crippen LogP contribution is -2.11. The zero-order valence-electron chi connectivity index (χ0n) is 17.7. The van der Waals surface area contributed by atoms with Gasteiger partial charge in [-0.3, -0.25) is 10.1 Å². The van der Waals surface area contributed by atoms with E-state index in [0.717, 1.165) is 9.97 Å². The maximum atomic E-state index is 12.6. The number of ether oxygens (including phenoxy) is 1. The smallest absolute Gasteiger partial charge is 0.330 e. The second kappa shape index (κ2) is 9.93. The summed E-state index contributed by atoms with van der Waals surface area (Å²) < 4.78 is 11.3. The Bertz CT molecular complexity index is 1100. The maximum Gasteiger partial charge on any atom is 0.330 e. The van der Waals surface area contributed by atoms with E-state index in [-0.39, 0.29) is 11.3 Å². The Hall–Kier alpha value is -2.91. The molecule has 1 amide bonds. The molecule has 0 saturated heterocycles. The van der Waals surface area contributed by atoms with E-state index in [1.165, 1.54) is 24.5 Å². The second-order valence-corrected chi connectivity index (χ2v) is 9.88. The highest BCUT2D eigenvalue weighted by molar-refractivity contribution is 8.00. The van der Waals surface area contributed by atoms with Gasteiger partial charge in [0.15, 0.2) is 5.13 Å². The Morgan fingerprint density at radius 1 is 1.26 bits per heavy atom. The molecule has 2 aromatic heterocycles. The molecule has 31 heavy (non-hydrogen) atoms. The van der Waals surface area contributed by atoms with E-state index in [9.17, 15) is 9.59 Å². The van der Waals surface area contributed by atoms with Gasteiger partial charge >= 0.3 is 5.97 Å². The Balaban J connectivity index is 1.58. The van der Waals surface area contributed by atoms with Crippen LogP contribution in [-0.4, -0.2) is 29.0 Å². The molecule has 0 aliphatic rings. The molecule has 0 bridgehead atoms. The summed E-state index contributed by atoms with van der Waals surface area (Å²) in [4.78, 5) is 32.4. The third kappa shape index (κ3) is 6.53. The number of carbonyl (C=O) groups is 2. The first-order chi connectivity index (χ1) is 14.7. The normalized spacial score (nSPS) is 11.6. The van der Waals surface area contributed by atoms with Gasteiger partial charge in [0.05, 0.1) is 29.5 Å². The van der Waals surface area contributed by atoms with E-state index in [1.54, 1.807) is 54.5 Å². The number of hydrogen-bond acceptors (Lipinski definition) is 8. The first kappa shape index (κ1) is 22.8. The Morgan fingerprint density at radius 3 is 2.77 bits per heavy atom. The van der Waals surface area contributed by atoms with Gasteiger partial charge in [-0.15, -0.1) is 11.8 Å². The van der Waals surface area contributed by atoms with Crippen LogP contribution >= 0.6 is 23.1 Å². The van der Waals surface area contributed by atoms with Gasteiger partial charge in [0.1, 0.15) is 5.76 Å². The van der Waals surface area contributed by atoms with Crippen LogP contribution in [0.15, 0.2) is 51.4 Å². The van der Waals surface area contributed by atoms with Crippen LogP contribution in [0.5, 0.6) is 0 Å². The predicted molar refractivity (Wildman–Crippen MR) is 122 cm³/mol. The number of amides is 1. The summed E-state index contributed by atoms with van der Waals surface area (Å²) in [6.45, 7) is 6.23. The van der Waals surface area contributed by atoms with Crippen molar-refractivity contribution in [2.75, 3.05) is 12.4 Å². The molecule has 0 spiro atoms. The first-order valence-electron chi connectivity index (χ1n) is 9.46. The van der Waals surface area contributed by atoms with Gasteiger partial charge in [0, 0.05) is 17.1 Å². The zero-order chi connectivity index (χ0) is 22.4. The number of thiazole rings is 1. The van der Waals surface area contributed by atoms with Gasteiger partial charge in [-0.2, -0.15) is 0 Å². The molecule has 7 nitrogen and oxygen atoms in total. The van der Waals surface area contributed by atoms with Crippen LogP contribution in [0.3, 0.4) is 0 Å². The lowest BCUT2D eigenvalue weighted by Gasteiger charge is -2.12. The fourth-order valence-corrected chi connectivity index (χ4v) is 4.15. The van der Waals surface area contributed by atoms with E-state index in [2.05, 4.69) is 40.8 Å². The molecular formula is C22H23N3O4S2. The van der Waals surface area contributed by atoms with Crippen LogP contribution in [0.1, 0.15) is 48.3 Å². The second-order valence-electron chi connectivity index (χ2n) is 7.58. The van der Waals surface area contributed by atoms with Crippen molar-refractivity contribution in [1.82, 2.24) is 9.97 Å². The molecule has 0 aliphatic heterocycles. The average molecular weight is 458 g/mol. The van der Waals surface area contributed by atoms with Crippen molar-refractivity contribution in [2.45, 2.75) is 36.1 Å². The van der Waals surface area contributed by atoms with Crippen molar-refractivity contribution in [3.63, 3.8) is 0 Å². The summed E-state index contributed by atoms with van der Waals surface area (Å²) in [6, 6.07) is 6.93. The van der Waals surface area contributed by atoms with Crippen molar-refractivity contribution in [3.8, 4) is 0 Å². The first-order valence-corrected chi connectivity index (χ1v) is 11.3. The molecule has 1 aromatic carbocycles. The third-order valence-corrected chi connectivity index (χ3v) is 6.19. The van der Waals surface area contributed by atoms with Gasteiger partial charge in [0.25, 0.3) is 5.91 Å². The summed E-state index contributed by atoms with van der Waals surface area (Å²) in [6.07, 6.45) is 6.38. The van der Waals surface area contributed by atoms with Crippen molar-refractivity contribution in [3.05, 3.63) is 65.5 Å². The Morgan fingerprint density at radius 2 is 2.06 bits per heavy atom. The Labute approximate surface area is 188 Å².